The summed E-state index contributed by atoms with van der Waals surface area (Å²) < 4.78 is 13.5. The zero-order valence-electron chi connectivity index (χ0n) is 12.4. The van der Waals surface area contributed by atoms with Gasteiger partial charge in [-0.15, -0.1) is 10.2 Å². The van der Waals surface area contributed by atoms with Gasteiger partial charge in [-0.1, -0.05) is 29.5 Å². The SMILES string of the molecule is Fc1cccc([C@H]2CCCN2c2nnc(-c3ccccn3)s2)c1. The van der Waals surface area contributed by atoms with Crippen molar-refractivity contribution in [2.75, 3.05) is 11.4 Å². The third-order valence-corrected chi connectivity index (χ3v) is 5.01. The van der Waals surface area contributed by atoms with Crippen molar-refractivity contribution < 1.29 is 4.39 Å². The van der Waals surface area contributed by atoms with Crippen LogP contribution in [0.5, 0.6) is 0 Å². The van der Waals surface area contributed by atoms with Gasteiger partial charge in [0.1, 0.15) is 11.5 Å². The third-order valence-electron chi connectivity index (χ3n) is 4.03. The molecule has 1 aromatic carbocycles. The fraction of sp³-hybridized carbons (Fsp3) is 0.235. The maximum absolute atomic E-state index is 13.5. The molecule has 3 heterocycles. The van der Waals surface area contributed by atoms with Crippen LogP contribution in [-0.2, 0) is 0 Å². The highest BCUT2D eigenvalue weighted by Crippen LogP contribution is 2.38. The summed E-state index contributed by atoms with van der Waals surface area (Å²) in [4.78, 5) is 6.54. The second-order valence-electron chi connectivity index (χ2n) is 5.51. The van der Waals surface area contributed by atoms with Crippen molar-refractivity contribution in [3.63, 3.8) is 0 Å². The second-order valence-corrected chi connectivity index (χ2v) is 6.47. The number of hydrogen-bond acceptors (Lipinski definition) is 5. The third kappa shape index (κ3) is 2.82. The smallest absolute Gasteiger partial charge is 0.209 e. The van der Waals surface area contributed by atoms with E-state index >= 15 is 0 Å². The molecule has 1 saturated heterocycles. The lowest BCUT2D eigenvalue weighted by atomic mass is 10.0. The Morgan fingerprint density at radius 1 is 1.13 bits per heavy atom. The first kappa shape index (κ1) is 14.3. The number of hydrogen-bond donors (Lipinski definition) is 0. The highest BCUT2D eigenvalue weighted by molar-refractivity contribution is 7.18. The van der Waals surface area contributed by atoms with Gasteiger partial charge < -0.3 is 4.90 Å². The molecule has 0 spiro atoms. The number of halogens is 1. The molecule has 2 aromatic heterocycles. The van der Waals surface area contributed by atoms with Crippen molar-refractivity contribution in [2.45, 2.75) is 18.9 Å². The monoisotopic (exact) mass is 326 g/mol. The Balaban J connectivity index is 1.63. The molecule has 116 valence electrons. The molecule has 4 nitrogen and oxygen atoms in total. The van der Waals surface area contributed by atoms with Gasteiger partial charge in [0.05, 0.1) is 6.04 Å². The van der Waals surface area contributed by atoms with Crippen molar-refractivity contribution in [2.24, 2.45) is 0 Å². The summed E-state index contributed by atoms with van der Waals surface area (Å²) in [5, 5.41) is 10.3. The van der Waals surface area contributed by atoms with Gasteiger partial charge in [0.25, 0.3) is 0 Å². The van der Waals surface area contributed by atoms with Gasteiger partial charge in [-0.2, -0.15) is 0 Å². The predicted molar refractivity (Wildman–Crippen MR) is 88.9 cm³/mol. The fourth-order valence-electron chi connectivity index (χ4n) is 2.98. The number of pyridine rings is 1. The molecule has 6 heteroatoms. The average molecular weight is 326 g/mol. The molecule has 0 unspecified atom stereocenters. The number of anilines is 1. The van der Waals surface area contributed by atoms with Gasteiger partial charge in [-0.3, -0.25) is 4.98 Å². The molecule has 0 amide bonds. The van der Waals surface area contributed by atoms with Crippen LogP contribution in [0.2, 0.25) is 0 Å². The first-order valence-electron chi connectivity index (χ1n) is 7.58. The van der Waals surface area contributed by atoms with Crippen LogP contribution in [0, 0.1) is 5.82 Å². The van der Waals surface area contributed by atoms with E-state index in [0.29, 0.717) is 0 Å². The molecular formula is C17H15FN4S. The van der Waals surface area contributed by atoms with Crippen molar-refractivity contribution in [3.05, 3.63) is 60.0 Å². The molecule has 0 aliphatic carbocycles. The molecular weight excluding hydrogens is 311 g/mol. The lowest BCUT2D eigenvalue weighted by molar-refractivity contribution is 0.618. The fourth-order valence-corrected chi connectivity index (χ4v) is 3.88. The molecule has 0 bridgehead atoms. The summed E-state index contributed by atoms with van der Waals surface area (Å²) in [6.07, 6.45) is 3.82. The Labute approximate surface area is 137 Å². The van der Waals surface area contributed by atoms with E-state index in [-0.39, 0.29) is 11.9 Å². The zero-order valence-corrected chi connectivity index (χ0v) is 13.2. The van der Waals surface area contributed by atoms with E-state index in [0.717, 1.165) is 40.8 Å². The Kier molecular flexibility index (Phi) is 3.75. The molecule has 4 rings (SSSR count). The molecule has 0 saturated carbocycles. The van der Waals surface area contributed by atoms with Crippen LogP contribution in [0.4, 0.5) is 9.52 Å². The summed E-state index contributed by atoms with van der Waals surface area (Å²) in [5.41, 5.74) is 1.83. The normalized spacial score (nSPS) is 17.6. The molecule has 1 aliphatic rings. The van der Waals surface area contributed by atoms with E-state index in [1.165, 1.54) is 17.4 Å². The molecule has 23 heavy (non-hydrogen) atoms. The largest absolute Gasteiger partial charge is 0.340 e. The zero-order chi connectivity index (χ0) is 15.6. The van der Waals surface area contributed by atoms with Gasteiger partial charge in [0.15, 0.2) is 5.01 Å². The summed E-state index contributed by atoms with van der Waals surface area (Å²) in [5.74, 6) is -0.194. The average Bonchev–Trinajstić information content (AvgIpc) is 3.25. The van der Waals surface area contributed by atoms with Crippen molar-refractivity contribution in [3.8, 4) is 10.7 Å². The van der Waals surface area contributed by atoms with Crippen LogP contribution in [0.25, 0.3) is 10.7 Å². The Morgan fingerprint density at radius 2 is 2.09 bits per heavy atom. The maximum atomic E-state index is 13.5. The lowest BCUT2D eigenvalue weighted by Crippen LogP contribution is -2.22. The van der Waals surface area contributed by atoms with E-state index in [2.05, 4.69) is 20.1 Å². The Bertz CT molecular complexity index is 805. The Morgan fingerprint density at radius 3 is 2.91 bits per heavy atom. The molecule has 0 N–H and O–H groups in total. The van der Waals surface area contributed by atoms with E-state index in [4.69, 9.17) is 0 Å². The van der Waals surface area contributed by atoms with Crippen molar-refractivity contribution in [1.29, 1.82) is 0 Å². The first-order chi connectivity index (χ1) is 11.3. The summed E-state index contributed by atoms with van der Waals surface area (Å²) >= 11 is 1.53. The van der Waals surface area contributed by atoms with Crippen molar-refractivity contribution >= 4 is 16.5 Å². The summed E-state index contributed by atoms with van der Waals surface area (Å²) in [6.45, 7) is 0.915. The topological polar surface area (TPSA) is 41.9 Å². The number of aromatic nitrogens is 3. The van der Waals surface area contributed by atoms with Crippen LogP contribution >= 0.6 is 11.3 Å². The van der Waals surface area contributed by atoms with E-state index in [1.807, 2.05) is 24.3 Å². The molecule has 1 aliphatic heterocycles. The lowest BCUT2D eigenvalue weighted by Gasteiger charge is -2.23. The van der Waals surface area contributed by atoms with E-state index in [9.17, 15) is 4.39 Å². The first-order valence-corrected chi connectivity index (χ1v) is 8.40. The maximum Gasteiger partial charge on any atom is 0.209 e. The molecule has 1 fully saturated rings. The minimum absolute atomic E-state index is 0.162. The van der Waals surface area contributed by atoms with Crippen molar-refractivity contribution in [1.82, 2.24) is 15.2 Å². The number of benzene rings is 1. The highest BCUT2D eigenvalue weighted by atomic mass is 32.1. The number of nitrogens with zero attached hydrogens (tertiary/aromatic N) is 4. The van der Waals surface area contributed by atoms with Gasteiger partial charge in [0.2, 0.25) is 5.13 Å². The van der Waals surface area contributed by atoms with Crippen LogP contribution in [-0.4, -0.2) is 21.7 Å². The van der Waals surface area contributed by atoms with Gasteiger partial charge in [0, 0.05) is 12.7 Å². The molecule has 3 aromatic rings. The van der Waals surface area contributed by atoms with Crippen LogP contribution < -0.4 is 4.90 Å². The summed E-state index contributed by atoms with van der Waals surface area (Å²) in [7, 11) is 0. The molecule has 1 atom stereocenters. The quantitative estimate of drug-likeness (QED) is 0.727. The summed E-state index contributed by atoms with van der Waals surface area (Å²) in [6, 6.07) is 12.7. The van der Waals surface area contributed by atoms with E-state index < -0.39 is 0 Å². The predicted octanol–water partition coefficient (Wildman–Crippen LogP) is 4.08. The standard InChI is InChI=1S/C17H15FN4S/c18-13-6-3-5-12(11-13)15-8-4-10-22(15)17-21-20-16(23-17)14-7-1-2-9-19-14/h1-3,5-7,9,11,15H,4,8,10H2/t15-/m1/s1. The molecule has 0 radical (unpaired) electrons. The number of rotatable bonds is 3. The van der Waals surface area contributed by atoms with Gasteiger partial charge in [-0.05, 0) is 42.7 Å². The van der Waals surface area contributed by atoms with Crippen LogP contribution in [0.3, 0.4) is 0 Å². The van der Waals surface area contributed by atoms with Gasteiger partial charge in [-0.25, -0.2) is 4.39 Å². The highest BCUT2D eigenvalue weighted by Gasteiger charge is 2.29. The minimum atomic E-state index is -0.194. The second kappa shape index (κ2) is 6.04. The van der Waals surface area contributed by atoms with Gasteiger partial charge >= 0.3 is 0 Å². The van der Waals surface area contributed by atoms with E-state index in [1.54, 1.807) is 18.3 Å². The van der Waals surface area contributed by atoms with Crippen LogP contribution in [0.1, 0.15) is 24.4 Å². The van der Waals surface area contributed by atoms with Crippen LogP contribution in [0.15, 0.2) is 48.7 Å². The Hall–Kier alpha value is -2.34. The minimum Gasteiger partial charge on any atom is -0.340 e.